The van der Waals surface area contributed by atoms with Crippen LogP contribution < -0.4 is 16.8 Å². The van der Waals surface area contributed by atoms with E-state index in [1.54, 1.807) is 12.3 Å². The molecule has 0 radical (unpaired) electrons. The molecule has 0 saturated heterocycles. The van der Waals surface area contributed by atoms with E-state index >= 15 is 0 Å². The molecule has 0 aliphatic heterocycles. The molecular formula is C22H26BrClN6. The van der Waals surface area contributed by atoms with E-state index in [-0.39, 0.29) is 17.0 Å². The summed E-state index contributed by atoms with van der Waals surface area (Å²) in [5.74, 6) is 0.351. The Morgan fingerprint density at radius 1 is 1.33 bits per heavy atom. The molecule has 5 N–H and O–H groups in total. The molecule has 2 heterocycles. The lowest BCUT2D eigenvalue weighted by Crippen LogP contribution is -2.51. The number of benzene rings is 1. The van der Waals surface area contributed by atoms with E-state index in [0.717, 1.165) is 34.1 Å². The smallest absolute Gasteiger partial charge is 0.135 e. The number of nitrogens with zero attached hydrogens (tertiary/aromatic N) is 3. The van der Waals surface area contributed by atoms with Crippen LogP contribution in [0.2, 0.25) is 5.02 Å². The lowest BCUT2D eigenvalue weighted by Gasteiger charge is -2.39. The Hall–Kier alpha value is -2.09. The first-order chi connectivity index (χ1) is 14.1. The van der Waals surface area contributed by atoms with E-state index in [9.17, 15) is 0 Å². The molecule has 0 unspecified atom stereocenters. The minimum atomic E-state index is -0.256. The Morgan fingerprint density at radius 3 is 2.73 bits per heavy atom. The van der Waals surface area contributed by atoms with Crippen LogP contribution in [0.1, 0.15) is 39.2 Å². The number of para-hydroxylation sites is 1. The summed E-state index contributed by atoms with van der Waals surface area (Å²) in [5, 5.41) is 8.80. The van der Waals surface area contributed by atoms with Crippen LogP contribution in [0.4, 0.5) is 11.4 Å². The van der Waals surface area contributed by atoms with Crippen molar-refractivity contribution < 1.29 is 0 Å². The number of aliphatic imine (C=N–C) groups is 1. The topological polar surface area (TPSA) is 93.7 Å². The molecule has 0 bridgehead atoms. The fourth-order valence-corrected chi connectivity index (χ4v) is 4.64. The molecule has 4 rings (SSSR count). The fraction of sp³-hybridized carbons (Fsp3) is 0.364. The summed E-state index contributed by atoms with van der Waals surface area (Å²) >= 11 is 9.83. The van der Waals surface area contributed by atoms with Gasteiger partial charge in [0.2, 0.25) is 0 Å². The first kappa shape index (κ1) is 21.2. The third-order valence-electron chi connectivity index (χ3n) is 6.59. The number of hydrogen-bond acceptors (Lipinski definition) is 4. The van der Waals surface area contributed by atoms with Crippen LogP contribution in [0.25, 0.3) is 5.52 Å². The van der Waals surface area contributed by atoms with Gasteiger partial charge in [-0.25, -0.2) is 9.51 Å². The van der Waals surface area contributed by atoms with Gasteiger partial charge in [0.05, 0.1) is 33.7 Å². The lowest BCUT2D eigenvalue weighted by molar-refractivity contribution is 0.215. The highest BCUT2D eigenvalue weighted by Gasteiger charge is 2.49. The number of anilines is 1. The van der Waals surface area contributed by atoms with Gasteiger partial charge >= 0.3 is 0 Å². The number of nitrogens with one attached hydrogen (secondary N) is 1. The fourth-order valence-electron chi connectivity index (χ4n) is 4.06. The van der Waals surface area contributed by atoms with Crippen LogP contribution >= 0.6 is 27.5 Å². The number of fused-ring (bicyclic) bond motifs is 1. The molecule has 1 aliphatic carbocycles. The van der Waals surface area contributed by atoms with Crippen molar-refractivity contribution in [1.82, 2.24) is 9.61 Å². The molecule has 2 aromatic heterocycles. The van der Waals surface area contributed by atoms with Gasteiger partial charge in [-0.15, -0.1) is 0 Å². The lowest BCUT2D eigenvalue weighted by atomic mass is 9.75. The summed E-state index contributed by atoms with van der Waals surface area (Å²) in [6.45, 7) is 6.55. The normalized spacial score (nSPS) is 23.8. The maximum Gasteiger partial charge on any atom is 0.135 e. The molecule has 158 valence electrons. The van der Waals surface area contributed by atoms with Crippen LogP contribution in [-0.2, 0) is 0 Å². The molecule has 6 nitrogen and oxygen atoms in total. The molecule has 1 saturated carbocycles. The maximum atomic E-state index is 6.60. The molecule has 1 fully saturated rings. The van der Waals surface area contributed by atoms with Crippen molar-refractivity contribution in [1.29, 1.82) is 0 Å². The monoisotopic (exact) mass is 488 g/mol. The predicted octanol–water partition coefficient (Wildman–Crippen LogP) is 5.11. The molecule has 2 atom stereocenters. The van der Waals surface area contributed by atoms with Gasteiger partial charge in [-0.05, 0) is 53.9 Å². The van der Waals surface area contributed by atoms with Crippen molar-refractivity contribution in [3.05, 3.63) is 57.8 Å². The minimum Gasteiger partial charge on any atom is -0.383 e. The van der Waals surface area contributed by atoms with Crippen molar-refractivity contribution in [3.63, 3.8) is 0 Å². The van der Waals surface area contributed by atoms with Gasteiger partial charge in [-0.3, -0.25) is 0 Å². The Balaban J connectivity index is 1.82. The Bertz CT molecular complexity index is 1130. The molecule has 0 spiro atoms. The van der Waals surface area contributed by atoms with Gasteiger partial charge in [0.1, 0.15) is 5.84 Å². The van der Waals surface area contributed by atoms with E-state index in [1.807, 2.05) is 35.0 Å². The first-order valence-corrected chi connectivity index (χ1v) is 11.1. The average molecular weight is 490 g/mol. The molecule has 1 aliphatic rings. The molecular weight excluding hydrogens is 464 g/mol. The second kappa shape index (κ2) is 7.55. The number of halogens is 2. The van der Waals surface area contributed by atoms with Crippen LogP contribution in [0.15, 0.2) is 52.2 Å². The predicted molar refractivity (Wildman–Crippen MR) is 128 cm³/mol. The van der Waals surface area contributed by atoms with Gasteiger partial charge in [-0.1, -0.05) is 37.6 Å². The third kappa shape index (κ3) is 3.59. The summed E-state index contributed by atoms with van der Waals surface area (Å²) in [7, 11) is 0. The third-order valence-corrected chi connectivity index (χ3v) is 7.34. The molecule has 3 aromatic rings. The number of hydrogen-bond donors (Lipinski definition) is 3. The summed E-state index contributed by atoms with van der Waals surface area (Å²) < 4.78 is 2.76. The van der Waals surface area contributed by atoms with E-state index in [1.165, 1.54) is 0 Å². The molecule has 30 heavy (non-hydrogen) atoms. The Labute approximate surface area is 189 Å². The summed E-state index contributed by atoms with van der Waals surface area (Å²) in [6, 6.07) is 9.57. The quantitative estimate of drug-likeness (QED) is 0.351. The summed E-state index contributed by atoms with van der Waals surface area (Å²) in [6.07, 6.45) is 5.57. The number of amidine groups is 1. The largest absolute Gasteiger partial charge is 0.383 e. The Morgan fingerprint density at radius 2 is 2.07 bits per heavy atom. The van der Waals surface area contributed by atoms with Gasteiger partial charge < -0.3 is 16.8 Å². The molecule has 1 aromatic carbocycles. The van der Waals surface area contributed by atoms with Crippen molar-refractivity contribution in [3.8, 4) is 0 Å². The van der Waals surface area contributed by atoms with Gasteiger partial charge in [0.25, 0.3) is 0 Å². The second-order valence-corrected chi connectivity index (χ2v) is 10.1. The van der Waals surface area contributed by atoms with E-state index in [4.69, 9.17) is 23.1 Å². The minimum absolute atomic E-state index is 0.108. The standard InChI is InChI=1S/C22H26BrClN6/c1-21(2)18(8-9-22(21,3)26)29-19-14(11-27-30-12-13(23)10-17(19)30)20(25)28-16-7-5-4-6-15(16)24/h4-7,10-12,18,29H,8-9,26H2,1-3H3,(H2,25,28)/t18-,22+/m1/s1. The highest BCUT2D eigenvalue weighted by Crippen LogP contribution is 2.46. The molecule has 8 heteroatoms. The summed E-state index contributed by atoms with van der Waals surface area (Å²) in [4.78, 5) is 4.58. The van der Waals surface area contributed by atoms with Crippen molar-refractivity contribution in [2.75, 3.05) is 5.32 Å². The van der Waals surface area contributed by atoms with Crippen molar-refractivity contribution in [2.24, 2.45) is 21.9 Å². The van der Waals surface area contributed by atoms with Crippen LogP contribution in [0, 0.1) is 5.41 Å². The number of rotatable bonds is 4. The average Bonchev–Trinajstić information content (AvgIpc) is 3.15. The van der Waals surface area contributed by atoms with Gasteiger partial charge in [0, 0.05) is 27.7 Å². The van der Waals surface area contributed by atoms with E-state index in [0.29, 0.717) is 16.5 Å². The van der Waals surface area contributed by atoms with Gasteiger partial charge in [0.15, 0.2) is 0 Å². The van der Waals surface area contributed by atoms with E-state index < -0.39 is 0 Å². The molecule has 0 amide bonds. The highest BCUT2D eigenvalue weighted by molar-refractivity contribution is 9.10. The number of aromatic nitrogens is 2. The van der Waals surface area contributed by atoms with Gasteiger partial charge in [-0.2, -0.15) is 5.10 Å². The van der Waals surface area contributed by atoms with E-state index in [2.05, 4.69) is 52.1 Å². The SMILES string of the molecule is CC1(C)[C@H](Nc2c(C(N)=Nc3ccccc3Cl)cnn3cc(Br)cc23)CC[C@]1(C)N. The summed E-state index contributed by atoms with van der Waals surface area (Å²) in [5.41, 5.74) is 15.9. The van der Waals surface area contributed by atoms with Crippen LogP contribution in [-0.4, -0.2) is 27.0 Å². The highest BCUT2D eigenvalue weighted by atomic mass is 79.9. The first-order valence-electron chi connectivity index (χ1n) is 9.91. The zero-order valence-corrected chi connectivity index (χ0v) is 19.6. The second-order valence-electron chi connectivity index (χ2n) is 8.74. The number of nitrogens with two attached hydrogens (primary N) is 2. The van der Waals surface area contributed by atoms with Crippen molar-refractivity contribution in [2.45, 2.75) is 45.2 Å². The van der Waals surface area contributed by atoms with Crippen molar-refractivity contribution >= 4 is 50.3 Å². The van der Waals surface area contributed by atoms with Crippen LogP contribution in [0.5, 0.6) is 0 Å². The maximum absolute atomic E-state index is 6.60. The Kier molecular flexibility index (Phi) is 5.33. The van der Waals surface area contributed by atoms with Crippen LogP contribution in [0.3, 0.4) is 0 Å². The zero-order valence-electron chi connectivity index (χ0n) is 17.3. The zero-order chi connectivity index (χ0) is 21.7.